The van der Waals surface area contributed by atoms with Crippen molar-refractivity contribution in [1.29, 1.82) is 0 Å². The van der Waals surface area contributed by atoms with Gasteiger partial charge in [-0.15, -0.1) is 11.3 Å². The normalized spacial score (nSPS) is 12.1. The van der Waals surface area contributed by atoms with Crippen LogP contribution in [0.2, 0.25) is 10.3 Å². The van der Waals surface area contributed by atoms with Crippen molar-refractivity contribution in [3.05, 3.63) is 32.2 Å². The number of imidazole rings is 1. The van der Waals surface area contributed by atoms with Gasteiger partial charge in [0.25, 0.3) is 0 Å². The molecule has 0 spiro atoms. The average molecular weight is 305 g/mol. The Kier molecular flexibility index (Phi) is 3.89. The van der Waals surface area contributed by atoms with Crippen LogP contribution < -0.4 is 0 Å². The summed E-state index contributed by atoms with van der Waals surface area (Å²) in [5.74, 6) is 0. The molecule has 0 atom stereocenters. The molecule has 0 aromatic carbocycles. The molecular weight excluding hydrogens is 295 g/mol. The third kappa shape index (κ3) is 2.50. The van der Waals surface area contributed by atoms with Crippen LogP contribution in [0.5, 0.6) is 0 Å². The van der Waals surface area contributed by atoms with E-state index in [1.54, 1.807) is 17.8 Å². The van der Waals surface area contributed by atoms with Crippen molar-refractivity contribution < 1.29 is 5.21 Å². The quantitative estimate of drug-likeness (QED) is 0.538. The molecule has 0 saturated carbocycles. The first-order chi connectivity index (χ1) is 8.52. The van der Waals surface area contributed by atoms with E-state index in [0.717, 1.165) is 15.6 Å². The SMILES string of the molecule is C/C(=N/O)c1sc(Cn2cnc(Cl)c2Cl)nc1C. The second-order valence-electron chi connectivity index (χ2n) is 3.66. The number of halogens is 2. The Morgan fingerprint density at radius 3 is 2.83 bits per heavy atom. The van der Waals surface area contributed by atoms with Gasteiger partial charge in [-0.25, -0.2) is 9.97 Å². The van der Waals surface area contributed by atoms with Gasteiger partial charge in [-0.1, -0.05) is 28.4 Å². The monoisotopic (exact) mass is 304 g/mol. The van der Waals surface area contributed by atoms with Gasteiger partial charge in [-0.3, -0.25) is 0 Å². The highest BCUT2D eigenvalue weighted by Gasteiger charge is 2.13. The summed E-state index contributed by atoms with van der Waals surface area (Å²) in [5, 5.41) is 13.5. The molecule has 0 saturated heterocycles. The van der Waals surface area contributed by atoms with E-state index in [4.69, 9.17) is 28.4 Å². The topological polar surface area (TPSA) is 63.3 Å². The molecule has 0 radical (unpaired) electrons. The Morgan fingerprint density at radius 1 is 1.56 bits per heavy atom. The van der Waals surface area contributed by atoms with E-state index in [0.29, 0.717) is 17.4 Å². The van der Waals surface area contributed by atoms with Crippen LogP contribution in [0.1, 0.15) is 22.5 Å². The van der Waals surface area contributed by atoms with Crippen molar-refractivity contribution in [2.75, 3.05) is 0 Å². The van der Waals surface area contributed by atoms with Crippen molar-refractivity contribution in [2.24, 2.45) is 5.16 Å². The smallest absolute Gasteiger partial charge is 0.166 e. The van der Waals surface area contributed by atoms with Gasteiger partial charge in [0, 0.05) is 0 Å². The zero-order chi connectivity index (χ0) is 13.3. The first-order valence-corrected chi connectivity index (χ1v) is 6.61. The highest BCUT2D eigenvalue weighted by atomic mass is 35.5. The number of oxime groups is 1. The summed E-state index contributed by atoms with van der Waals surface area (Å²) in [6.45, 7) is 4.08. The third-order valence-electron chi connectivity index (χ3n) is 2.36. The maximum absolute atomic E-state index is 8.77. The summed E-state index contributed by atoms with van der Waals surface area (Å²) >= 11 is 13.2. The van der Waals surface area contributed by atoms with Gasteiger partial charge in [0.15, 0.2) is 5.15 Å². The fraction of sp³-hybridized carbons (Fsp3) is 0.300. The standard InChI is InChI=1S/C10H10Cl2N4OS/c1-5-8(6(2)15-17)18-7(14-5)3-16-4-13-9(11)10(16)12/h4,17H,3H2,1-2H3/b15-6-. The predicted octanol–water partition coefficient (Wildman–Crippen LogP) is 3.20. The Labute approximate surface area is 118 Å². The Balaban J connectivity index is 2.28. The van der Waals surface area contributed by atoms with Crippen LogP contribution >= 0.6 is 34.5 Å². The lowest BCUT2D eigenvalue weighted by molar-refractivity contribution is 0.319. The molecule has 0 amide bonds. The maximum Gasteiger partial charge on any atom is 0.166 e. The van der Waals surface area contributed by atoms with Crippen LogP contribution in [0, 0.1) is 6.92 Å². The highest BCUT2D eigenvalue weighted by molar-refractivity contribution is 7.13. The first kappa shape index (κ1) is 13.3. The van der Waals surface area contributed by atoms with Crippen molar-refractivity contribution >= 4 is 40.3 Å². The average Bonchev–Trinajstić information content (AvgIpc) is 2.86. The number of hydrogen-bond donors (Lipinski definition) is 1. The summed E-state index contributed by atoms with van der Waals surface area (Å²) in [5.41, 5.74) is 1.37. The minimum Gasteiger partial charge on any atom is -0.411 e. The number of aryl methyl sites for hydroxylation is 1. The lowest BCUT2D eigenvalue weighted by Crippen LogP contribution is -1.97. The molecule has 2 rings (SSSR count). The number of aromatic nitrogens is 3. The van der Waals surface area contributed by atoms with Gasteiger partial charge in [0.05, 0.1) is 29.2 Å². The second-order valence-corrected chi connectivity index (χ2v) is 5.46. The van der Waals surface area contributed by atoms with Crippen LogP contribution in [0.15, 0.2) is 11.5 Å². The van der Waals surface area contributed by atoms with E-state index >= 15 is 0 Å². The Bertz CT molecular complexity index is 605. The minimum absolute atomic E-state index is 0.276. The molecule has 0 bridgehead atoms. The lowest BCUT2D eigenvalue weighted by atomic mass is 10.3. The molecule has 0 fully saturated rings. The van der Waals surface area contributed by atoms with Crippen LogP contribution in [0.4, 0.5) is 0 Å². The fourth-order valence-corrected chi connectivity index (χ4v) is 2.81. The number of hydrogen-bond acceptors (Lipinski definition) is 5. The third-order valence-corrected chi connectivity index (χ3v) is 4.38. The first-order valence-electron chi connectivity index (χ1n) is 5.04. The molecule has 2 aromatic heterocycles. The van der Waals surface area contributed by atoms with Crippen molar-refractivity contribution in [2.45, 2.75) is 20.4 Å². The van der Waals surface area contributed by atoms with Crippen LogP contribution in [-0.2, 0) is 6.54 Å². The van der Waals surface area contributed by atoms with Crippen molar-refractivity contribution in [1.82, 2.24) is 14.5 Å². The zero-order valence-corrected chi connectivity index (χ0v) is 12.0. The maximum atomic E-state index is 8.77. The molecule has 5 nitrogen and oxygen atoms in total. The number of rotatable bonds is 3. The van der Waals surface area contributed by atoms with Gasteiger partial charge in [-0.2, -0.15) is 0 Å². The van der Waals surface area contributed by atoms with Gasteiger partial charge in [0.2, 0.25) is 0 Å². The van der Waals surface area contributed by atoms with Crippen LogP contribution in [0.3, 0.4) is 0 Å². The van der Waals surface area contributed by atoms with Gasteiger partial charge in [-0.05, 0) is 13.8 Å². The van der Waals surface area contributed by atoms with E-state index in [2.05, 4.69) is 15.1 Å². The molecule has 0 unspecified atom stereocenters. The number of nitrogens with zero attached hydrogens (tertiary/aromatic N) is 4. The molecule has 1 N–H and O–H groups in total. The van der Waals surface area contributed by atoms with E-state index < -0.39 is 0 Å². The minimum atomic E-state index is 0.276. The van der Waals surface area contributed by atoms with Crippen LogP contribution in [-0.4, -0.2) is 25.5 Å². The summed E-state index contributed by atoms with van der Waals surface area (Å²) in [6, 6.07) is 0. The lowest BCUT2D eigenvalue weighted by Gasteiger charge is -1.99. The summed E-state index contributed by atoms with van der Waals surface area (Å²) in [6.07, 6.45) is 1.56. The Hall–Kier alpha value is -1.11. The van der Waals surface area contributed by atoms with E-state index in [-0.39, 0.29) is 5.15 Å². The molecular formula is C10H10Cl2N4OS. The summed E-state index contributed by atoms with van der Waals surface area (Å²) in [4.78, 5) is 9.16. The summed E-state index contributed by atoms with van der Waals surface area (Å²) in [7, 11) is 0. The van der Waals surface area contributed by atoms with Gasteiger partial charge in [0.1, 0.15) is 10.2 Å². The number of thiazole rings is 1. The largest absolute Gasteiger partial charge is 0.411 e. The molecule has 2 aromatic rings. The van der Waals surface area contributed by atoms with E-state index in [1.807, 2.05) is 6.92 Å². The van der Waals surface area contributed by atoms with E-state index in [9.17, 15) is 0 Å². The zero-order valence-electron chi connectivity index (χ0n) is 9.68. The molecule has 0 aliphatic rings. The Morgan fingerprint density at radius 2 is 2.28 bits per heavy atom. The molecule has 8 heteroatoms. The highest BCUT2D eigenvalue weighted by Crippen LogP contribution is 2.24. The summed E-state index contributed by atoms with van der Waals surface area (Å²) < 4.78 is 1.71. The second kappa shape index (κ2) is 5.26. The fourth-order valence-electron chi connectivity index (χ4n) is 1.50. The molecule has 2 heterocycles. The molecule has 0 aliphatic heterocycles. The van der Waals surface area contributed by atoms with Gasteiger partial charge >= 0.3 is 0 Å². The molecule has 0 aliphatic carbocycles. The van der Waals surface area contributed by atoms with Crippen LogP contribution in [0.25, 0.3) is 0 Å². The predicted molar refractivity (Wildman–Crippen MR) is 72.2 cm³/mol. The molecule has 18 heavy (non-hydrogen) atoms. The van der Waals surface area contributed by atoms with Crippen molar-refractivity contribution in [3.63, 3.8) is 0 Å². The van der Waals surface area contributed by atoms with Crippen molar-refractivity contribution in [3.8, 4) is 0 Å². The molecule has 96 valence electrons. The van der Waals surface area contributed by atoms with Gasteiger partial charge < -0.3 is 9.77 Å². The van der Waals surface area contributed by atoms with E-state index in [1.165, 1.54) is 11.3 Å².